The molecule has 2 N–H and O–H groups in total. The van der Waals surface area contributed by atoms with E-state index in [9.17, 15) is 14.3 Å². The molecule has 3 aromatic rings. The molecule has 5 nitrogen and oxygen atoms in total. The van der Waals surface area contributed by atoms with Crippen molar-refractivity contribution in [3.05, 3.63) is 63.5 Å². The molecule has 4 rings (SSSR count). The summed E-state index contributed by atoms with van der Waals surface area (Å²) in [7, 11) is 0. The van der Waals surface area contributed by atoms with E-state index in [0.717, 1.165) is 0 Å². The molecule has 1 aromatic heterocycles. The minimum atomic E-state index is -3.42. The second-order valence-corrected chi connectivity index (χ2v) is 8.83. The largest absolute Gasteiger partial charge is 0.382 e. The lowest BCUT2D eigenvalue weighted by Crippen LogP contribution is -2.45. The number of aliphatic hydroxyl groups excluding tert-OH is 1. The summed E-state index contributed by atoms with van der Waals surface area (Å²) in [6, 6.07) is 6.92. The zero-order valence-corrected chi connectivity index (χ0v) is 18.3. The van der Waals surface area contributed by atoms with Gasteiger partial charge in [0.05, 0.1) is 23.2 Å². The van der Waals surface area contributed by atoms with Gasteiger partial charge in [-0.1, -0.05) is 29.3 Å². The number of H-pyrrole nitrogens is 1. The van der Waals surface area contributed by atoms with Crippen LogP contribution in [-0.4, -0.2) is 45.1 Å². The molecule has 0 radical (unpaired) electrons. The Morgan fingerprint density at radius 2 is 1.97 bits per heavy atom. The van der Waals surface area contributed by atoms with Crippen LogP contribution in [0.1, 0.15) is 30.1 Å². The Morgan fingerprint density at radius 1 is 1.25 bits per heavy atom. The average Bonchev–Trinajstić information content (AvgIpc) is 3.23. The van der Waals surface area contributed by atoms with E-state index in [1.165, 1.54) is 35.4 Å². The van der Waals surface area contributed by atoms with E-state index >= 15 is 8.78 Å². The number of nitrogens with zero attached hydrogens (tertiary/aromatic N) is 2. The van der Waals surface area contributed by atoms with Crippen LogP contribution in [0.4, 0.5) is 13.2 Å². The molecule has 0 aliphatic carbocycles. The highest BCUT2D eigenvalue weighted by atomic mass is 35.5. The molecule has 0 bridgehead atoms. The second kappa shape index (κ2) is 8.92. The summed E-state index contributed by atoms with van der Waals surface area (Å²) in [4.78, 5) is 14.1. The number of aromatic amines is 1. The normalized spacial score (nSPS) is 16.5. The van der Waals surface area contributed by atoms with Crippen LogP contribution in [0.5, 0.6) is 0 Å². The van der Waals surface area contributed by atoms with Gasteiger partial charge in [0, 0.05) is 29.4 Å². The Morgan fingerprint density at radius 3 is 2.66 bits per heavy atom. The number of carbonyl (C=O) groups is 1. The number of rotatable bonds is 5. The summed E-state index contributed by atoms with van der Waals surface area (Å²) in [6.07, 6.45) is -0.604. The van der Waals surface area contributed by atoms with E-state index in [2.05, 4.69) is 10.2 Å². The third-order valence-electron chi connectivity index (χ3n) is 5.95. The number of aromatic nitrogens is 2. The van der Waals surface area contributed by atoms with Gasteiger partial charge in [-0.15, -0.1) is 0 Å². The number of alkyl halides is 2. The molecule has 2 heterocycles. The summed E-state index contributed by atoms with van der Waals surface area (Å²) in [5.41, 5.74) is 1.02. The lowest BCUT2D eigenvalue weighted by molar-refractivity contribution is -0.163. The van der Waals surface area contributed by atoms with E-state index in [1.54, 1.807) is 6.07 Å². The first kappa shape index (κ1) is 22.9. The van der Waals surface area contributed by atoms with Crippen LogP contribution < -0.4 is 0 Å². The van der Waals surface area contributed by atoms with Crippen LogP contribution in [0.3, 0.4) is 0 Å². The number of benzene rings is 2. The lowest BCUT2D eigenvalue weighted by atomic mass is 9.84. The minimum Gasteiger partial charge on any atom is -0.382 e. The maximum Gasteiger partial charge on any atom is 0.280 e. The quantitative estimate of drug-likeness (QED) is 0.524. The second-order valence-electron chi connectivity index (χ2n) is 7.98. The van der Waals surface area contributed by atoms with Crippen molar-refractivity contribution >= 4 is 40.0 Å². The Balaban J connectivity index is 1.42. The molecular weight excluding hydrogens is 466 g/mol. The van der Waals surface area contributed by atoms with Crippen molar-refractivity contribution in [3.63, 3.8) is 0 Å². The number of aliphatic hydroxyl groups is 1. The summed E-state index contributed by atoms with van der Waals surface area (Å²) in [5, 5.41) is 17.6. The topological polar surface area (TPSA) is 69.2 Å². The van der Waals surface area contributed by atoms with E-state index in [-0.39, 0.29) is 53.9 Å². The van der Waals surface area contributed by atoms with Gasteiger partial charge in [-0.05, 0) is 48.2 Å². The third-order valence-corrected chi connectivity index (χ3v) is 6.45. The fourth-order valence-corrected chi connectivity index (χ4v) is 4.58. The smallest absolute Gasteiger partial charge is 0.280 e. The predicted octanol–water partition coefficient (Wildman–Crippen LogP) is 5.16. The number of fused-ring (bicyclic) bond motifs is 1. The van der Waals surface area contributed by atoms with E-state index in [4.69, 9.17) is 23.2 Å². The summed E-state index contributed by atoms with van der Waals surface area (Å²) >= 11 is 11.8. The first-order valence-electron chi connectivity index (χ1n) is 10.1. The number of likely N-dealkylation sites (tertiary alicyclic amines) is 1. The van der Waals surface area contributed by atoms with E-state index < -0.39 is 23.8 Å². The van der Waals surface area contributed by atoms with Crippen LogP contribution in [0, 0.1) is 11.7 Å². The molecule has 1 aliphatic heterocycles. The summed E-state index contributed by atoms with van der Waals surface area (Å²) in [6.45, 7) is 0.273. The highest BCUT2D eigenvalue weighted by molar-refractivity contribution is 6.31. The molecule has 1 saturated heterocycles. The number of halogens is 5. The minimum absolute atomic E-state index is 0.00463. The standard InChI is InChI=1S/C22H20Cl2F3N3O2/c23-14-9-15(16-11-28-29-19(16)10-14)21(32)22(26,27)13-3-5-30(6-4-13)20(31)8-12-1-2-18(25)17(24)7-12/h1-2,7,9-11,13,21,32H,3-6,8H2,(H,28,29). The van der Waals surface area contributed by atoms with Crippen molar-refractivity contribution in [2.75, 3.05) is 13.1 Å². The molecule has 1 atom stereocenters. The van der Waals surface area contributed by atoms with Gasteiger partial charge in [-0.2, -0.15) is 5.10 Å². The zero-order valence-electron chi connectivity index (χ0n) is 16.8. The van der Waals surface area contributed by atoms with Gasteiger partial charge < -0.3 is 10.0 Å². The number of hydrogen-bond donors (Lipinski definition) is 2. The number of amides is 1. The number of piperidine rings is 1. The maximum absolute atomic E-state index is 15.2. The Labute approximate surface area is 192 Å². The fraction of sp³-hybridized carbons (Fsp3) is 0.364. The molecule has 1 aliphatic rings. The molecule has 170 valence electrons. The zero-order chi connectivity index (χ0) is 23.0. The molecular formula is C22H20Cl2F3N3O2. The van der Waals surface area contributed by atoms with Gasteiger partial charge in [-0.3, -0.25) is 9.89 Å². The van der Waals surface area contributed by atoms with Crippen molar-refractivity contribution in [1.82, 2.24) is 15.1 Å². The van der Waals surface area contributed by atoms with Gasteiger partial charge in [0.15, 0.2) is 0 Å². The van der Waals surface area contributed by atoms with E-state index in [0.29, 0.717) is 16.5 Å². The van der Waals surface area contributed by atoms with Crippen LogP contribution in [0.2, 0.25) is 10.0 Å². The Hall–Kier alpha value is -2.29. The highest BCUT2D eigenvalue weighted by Crippen LogP contribution is 2.44. The molecule has 2 aromatic carbocycles. The molecule has 0 spiro atoms. The molecule has 10 heteroatoms. The maximum atomic E-state index is 15.2. The Bertz CT molecular complexity index is 1150. The molecule has 1 amide bonds. The van der Waals surface area contributed by atoms with E-state index in [1.807, 2.05) is 0 Å². The first-order valence-corrected chi connectivity index (χ1v) is 10.8. The van der Waals surface area contributed by atoms with Gasteiger partial charge in [0.1, 0.15) is 11.9 Å². The van der Waals surface area contributed by atoms with Gasteiger partial charge >= 0.3 is 0 Å². The average molecular weight is 486 g/mol. The highest BCUT2D eigenvalue weighted by Gasteiger charge is 2.48. The predicted molar refractivity (Wildman–Crippen MR) is 115 cm³/mol. The molecule has 0 saturated carbocycles. The van der Waals surface area contributed by atoms with Crippen molar-refractivity contribution in [3.8, 4) is 0 Å². The Kier molecular flexibility index (Phi) is 6.38. The SMILES string of the molecule is O=C(Cc1ccc(F)c(Cl)c1)N1CCC(C(F)(F)C(O)c2cc(Cl)cc3[nH]ncc23)CC1. The molecule has 1 unspecified atom stereocenters. The van der Waals surface area contributed by atoms with Crippen molar-refractivity contribution in [2.24, 2.45) is 5.92 Å². The van der Waals surface area contributed by atoms with Crippen molar-refractivity contribution < 1.29 is 23.1 Å². The van der Waals surface area contributed by atoms with Crippen LogP contribution in [-0.2, 0) is 11.2 Å². The number of hydrogen-bond acceptors (Lipinski definition) is 3. The number of nitrogens with one attached hydrogen (secondary N) is 1. The number of carbonyl (C=O) groups excluding carboxylic acids is 1. The summed E-state index contributed by atoms with van der Waals surface area (Å²) < 4.78 is 43.8. The van der Waals surface area contributed by atoms with Crippen LogP contribution >= 0.6 is 23.2 Å². The van der Waals surface area contributed by atoms with Gasteiger partial charge in [-0.25, -0.2) is 13.2 Å². The van der Waals surface area contributed by atoms with Gasteiger partial charge in [0.25, 0.3) is 5.92 Å². The first-order chi connectivity index (χ1) is 15.2. The summed E-state index contributed by atoms with van der Waals surface area (Å²) in [5.74, 6) is -5.35. The molecule has 32 heavy (non-hydrogen) atoms. The van der Waals surface area contributed by atoms with Crippen molar-refractivity contribution in [2.45, 2.75) is 31.3 Å². The van der Waals surface area contributed by atoms with Crippen LogP contribution in [0.15, 0.2) is 36.5 Å². The lowest BCUT2D eigenvalue weighted by Gasteiger charge is -2.38. The molecule has 1 fully saturated rings. The van der Waals surface area contributed by atoms with Gasteiger partial charge in [0.2, 0.25) is 5.91 Å². The van der Waals surface area contributed by atoms with Crippen LogP contribution in [0.25, 0.3) is 10.9 Å². The third kappa shape index (κ3) is 4.44. The monoisotopic (exact) mass is 485 g/mol. The fourth-order valence-electron chi connectivity index (χ4n) is 4.15. The van der Waals surface area contributed by atoms with Crippen molar-refractivity contribution in [1.29, 1.82) is 0 Å².